The third kappa shape index (κ3) is 4.18. The SMILES string of the molecule is CN1c2cc(-c3cccc4ccccc34)ccc2-c2cc3c(c4cccc1c24)c1ccc(-c2ccc(-c4ccc5ccccc5c4)cc2)cc1n3C. The summed E-state index contributed by atoms with van der Waals surface area (Å²) in [6, 6.07) is 62.8. The quantitative estimate of drug-likeness (QED) is 0.183. The Labute approximate surface area is 302 Å². The summed E-state index contributed by atoms with van der Waals surface area (Å²) in [6.07, 6.45) is 0. The van der Waals surface area contributed by atoms with E-state index < -0.39 is 0 Å². The maximum Gasteiger partial charge on any atom is 0.0501 e. The van der Waals surface area contributed by atoms with E-state index in [2.05, 4.69) is 193 Å². The molecule has 244 valence electrons. The first-order valence-corrected chi connectivity index (χ1v) is 18.0. The lowest BCUT2D eigenvalue weighted by atomic mass is 9.87. The van der Waals surface area contributed by atoms with E-state index in [-0.39, 0.29) is 0 Å². The minimum absolute atomic E-state index is 1.22. The van der Waals surface area contributed by atoms with Gasteiger partial charge in [0, 0.05) is 52.7 Å². The molecule has 9 aromatic carbocycles. The van der Waals surface area contributed by atoms with Crippen LogP contribution in [0.15, 0.2) is 170 Å². The van der Waals surface area contributed by atoms with Crippen LogP contribution in [0.2, 0.25) is 0 Å². The molecule has 0 fully saturated rings. The maximum absolute atomic E-state index is 2.43. The van der Waals surface area contributed by atoms with E-state index in [0.717, 1.165) is 0 Å². The van der Waals surface area contributed by atoms with E-state index in [9.17, 15) is 0 Å². The number of nitrogens with zero attached hydrogens (tertiary/aromatic N) is 2. The van der Waals surface area contributed by atoms with Gasteiger partial charge in [-0.15, -0.1) is 0 Å². The molecule has 0 N–H and O–H groups in total. The third-order valence-corrected chi connectivity index (χ3v) is 11.5. The summed E-state index contributed by atoms with van der Waals surface area (Å²) in [7, 11) is 4.44. The molecule has 0 amide bonds. The molecule has 0 saturated carbocycles. The van der Waals surface area contributed by atoms with Crippen LogP contribution < -0.4 is 4.90 Å². The van der Waals surface area contributed by atoms with E-state index in [1.165, 1.54) is 110 Å². The molecule has 0 aliphatic carbocycles. The van der Waals surface area contributed by atoms with Gasteiger partial charge in [0.25, 0.3) is 0 Å². The molecule has 0 bridgehead atoms. The predicted octanol–water partition coefficient (Wildman–Crippen LogP) is 13.5. The summed E-state index contributed by atoms with van der Waals surface area (Å²) in [5.74, 6) is 0. The minimum Gasteiger partial charge on any atom is -0.344 e. The lowest BCUT2D eigenvalue weighted by Crippen LogP contribution is -2.15. The Morgan fingerprint density at radius 1 is 0.327 bits per heavy atom. The van der Waals surface area contributed by atoms with Crippen molar-refractivity contribution in [3.63, 3.8) is 0 Å². The van der Waals surface area contributed by atoms with Gasteiger partial charge in [0.05, 0.1) is 5.52 Å². The number of aromatic nitrogens is 1. The Kier molecular flexibility index (Phi) is 6.12. The van der Waals surface area contributed by atoms with Crippen molar-refractivity contribution in [2.45, 2.75) is 0 Å². The van der Waals surface area contributed by atoms with Crippen LogP contribution in [-0.2, 0) is 7.05 Å². The lowest BCUT2D eigenvalue weighted by molar-refractivity contribution is 1.01. The van der Waals surface area contributed by atoms with Crippen molar-refractivity contribution >= 4 is 65.5 Å². The molecule has 0 saturated heterocycles. The van der Waals surface area contributed by atoms with Crippen molar-refractivity contribution in [2.24, 2.45) is 7.05 Å². The first kappa shape index (κ1) is 29.1. The van der Waals surface area contributed by atoms with Crippen molar-refractivity contribution < 1.29 is 0 Å². The first-order valence-electron chi connectivity index (χ1n) is 18.0. The van der Waals surface area contributed by atoms with Crippen molar-refractivity contribution in [1.29, 1.82) is 0 Å². The molecule has 2 heterocycles. The van der Waals surface area contributed by atoms with Crippen molar-refractivity contribution in [2.75, 3.05) is 11.9 Å². The Morgan fingerprint density at radius 3 is 1.83 bits per heavy atom. The van der Waals surface area contributed by atoms with Crippen LogP contribution in [-0.4, -0.2) is 11.6 Å². The van der Waals surface area contributed by atoms with Gasteiger partial charge >= 0.3 is 0 Å². The summed E-state index contributed by atoms with van der Waals surface area (Å²) in [5, 5.41) is 10.3. The van der Waals surface area contributed by atoms with E-state index >= 15 is 0 Å². The number of rotatable bonds is 3. The second-order valence-corrected chi connectivity index (χ2v) is 14.3. The number of benzene rings is 9. The Hall–Kier alpha value is -6.64. The van der Waals surface area contributed by atoms with Gasteiger partial charge in [-0.05, 0) is 96.2 Å². The molecule has 2 heteroatoms. The fourth-order valence-electron chi connectivity index (χ4n) is 8.86. The average Bonchev–Trinajstić information content (AvgIpc) is 3.49. The normalized spacial score (nSPS) is 12.4. The van der Waals surface area contributed by atoms with Gasteiger partial charge in [0.15, 0.2) is 0 Å². The molecule has 1 aliphatic heterocycles. The van der Waals surface area contributed by atoms with Crippen LogP contribution >= 0.6 is 0 Å². The van der Waals surface area contributed by atoms with E-state index in [4.69, 9.17) is 0 Å². The number of fused-ring (bicyclic) bond motifs is 8. The molecule has 1 aliphatic rings. The molecule has 0 radical (unpaired) electrons. The van der Waals surface area contributed by atoms with Crippen LogP contribution in [0.4, 0.5) is 11.4 Å². The van der Waals surface area contributed by atoms with Gasteiger partial charge in [-0.2, -0.15) is 0 Å². The van der Waals surface area contributed by atoms with Gasteiger partial charge < -0.3 is 9.47 Å². The summed E-state index contributed by atoms with van der Waals surface area (Å²) in [4.78, 5) is 2.38. The van der Waals surface area contributed by atoms with Gasteiger partial charge in [0.2, 0.25) is 0 Å². The van der Waals surface area contributed by atoms with Crippen molar-refractivity contribution in [3.8, 4) is 44.5 Å². The topological polar surface area (TPSA) is 8.17 Å². The second kappa shape index (κ2) is 10.9. The zero-order chi connectivity index (χ0) is 34.5. The first-order chi connectivity index (χ1) is 25.6. The average molecular weight is 663 g/mol. The molecule has 52 heavy (non-hydrogen) atoms. The summed E-state index contributed by atoms with van der Waals surface area (Å²) in [5.41, 5.74) is 15.0. The predicted molar refractivity (Wildman–Crippen MR) is 223 cm³/mol. The zero-order valence-electron chi connectivity index (χ0n) is 29.1. The molecular weight excluding hydrogens is 629 g/mol. The number of hydrogen-bond donors (Lipinski definition) is 0. The minimum atomic E-state index is 1.22. The standard InChI is InChI=1S/C50H34N2/c1-51-45-16-8-15-43-49-42-26-23-37(33-19-17-32(18-20-33)36-22-21-31-9-3-4-11-35(31)27-36)28-47(42)52(2)48(49)30-44(50(43)45)41-25-24-38(29-46(41)51)40-14-7-12-34-10-5-6-13-39(34)40/h3-30H,1-2H3. The largest absolute Gasteiger partial charge is 0.344 e. The van der Waals surface area contributed by atoms with Crippen LogP contribution in [0, 0.1) is 0 Å². The summed E-state index contributed by atoms with van der Waals surface area (Å²) < 4.78 is 2.39. The molecular formula is C50H34N2. The molecule has 0 atom stereocenters. The zero-order valence-corrected chi connectivity index (χ0v) is 29.1. The van der Waals surface area contributed by atoms with Gasteiger partial charge in [0.1, 0.15) is 0 Å². The highest BCUT2D eigenvalue weighted by Crippen LogP contribution is 2.51. The molecule has 11 rings (SSSR count). The number of aryl methyl sites for hydroxylation is 1. The molecule has 2 nitrogen and oxygen atoms in total. The number of hydrogen-bond acceptors (Lipinski definition) is 1. The summed E-state index contributed by atoms with van der Waals surface area (Å²) >= 11 is 0. The second-order valence-electron chi connectivity index (χ2n) is 14.3. The lowest BCUT2D eigenvalue weighted by Gasteiger charge is -2.31. The molecule has 0 spiro atoms. The molecule has 1 aromatic heterocycles. The highest BCUT2D eigenvalue weighted by molar-refractivity contribution is 6.28. The van der Waals surface area contributed by atoms with Crippen LogP contribution in [0.25, 0.3) is 98.6 Å². The molecule has 0 unspecified atom stereocenters. The highest BCUT2D eigenvalue weighted by Gasteiger charge is 2.26. The monoisotopic (exact) mass is 662 g/mol. The van der Waals surface area contributed by atoms with Crippen molar-refractivity contribution in [1.82, 2.24) is 4.57 Å². The Morgan fingerprint density at radius 2 is 0.981 bits per heavy atom. The van der Waals surface area contributed by atoms with E-state index in [1.54, 1.807) is 0 Å². The Bertz CT molecular complexity index is 3080. The van der Waals surface area contributed by atoms with Crippen LogP contribution in [0.1, 0.15) is 0 Å². The third-order valence-electron chi connectivity index (χ3n) is 11.5. The Balaban J connectivity index is 1.04. The smallest absolute Gasteiger partial charge is 0.0501 e. The summed E-state index contributed by atoms with van der Waals surface area (Å²) in [6.45, 7) is 0. The number of anilines is 2. The van der Waals surface area contributed by atoms with Crippen LogP contribution in [0.3, 0.4) is 0 Å². The molecule has 10 aromatic rings. The highest BCUT2D eigenvalue weighted by atomic mass is 15.1. The maximum atomic E-state index is 2.43. The van der Waals surface area contributed by atoms with Gasteiger partial charge in [-0.3, -0.25) is 0 Å². The fraction of sp³-hybridized carbons (Fsp3) is 0.0400. The van der Waals surface area contributed by atoms with E-state index in [1.807, 2.05) is 0 Å². The fourth-order valence-corrected chi connectivity index (χ4v) is 8.86. The van der Waals surface area contributed by atoms with Crippen LogP contribution in [0.5, 0.6) is 0 Å². The van der Waals surface area contributed by atoms with Crippen molar-refractivity contribution in [3.05, 3.63) is 170 Å². The van der Waals surface area contributed by atoms with Gasteiger partial charge in [-0.1, -0.05) is 140 Å². The van der Waals surface area contributed by atoms with E-state index in [0.29, 0.717) is 0 Å². The van der Waals surface area contributed by atoms with Gasteiger partial charge in [-0.25, -0.2) is 0 Å².